The number of aliphatic hydroxyl groups is 2. The SMILES string of the molecule is CC1(C)C(=O)CC[C@]23C[C@]24CC[C@]2(C)[C@@H]([C@@]5(C)CC[C@@H](C(C)(C)O)O5)[C@@H](O)C[C@@]2(C)C4CCC13. The Labute approximate surface area is 206 Å². The number of ketones is 1. The van der Waals surface area contributed by atoms with Crippen LogP contribution >= 0.6 is 0 Å². The minimum absolute atomic E-state index is 0.0300. The Morgan fingerprint density at radius 2 is 1.53 bits per heavy atom. The van der Waals surface area contributed by atoms with Crippen LogP contribution in [0.2, 0.25) is 0 Å². The number of rotatable bonds is 2. The molecule has 0 aromatic rings. The molecule has 5 aliphatic carbocycles. The third-order valence-electron chi connectivity index (χ3n) is 13.6. The Hall–Kier alpha value is -0.450. The van der Waals surface area contributed by atoms with E-state index < -0.39 is 11.2 Å². The first-order valence-corrected chi connectivity index (χ1v) is 14.2. The summed E-state index contributed by atoms with van der Waals surface area (Å²) in [5.41, 5.74) is -0.560. The van der Waals surface area contributed by atoms with Gasteiger partial charge in [0.1, 0.15) is 5.78 Å². The maximum Gasteiger partial charge on any atom is 0.138 e. The normalized spacial score (nSPS) is 58.0. The van der Waals surface area contributed by atoms with Crippen LogP contribution < -0.4 is 0 Å². The molecule has 2 spiro atoms. The summed E-state index contributed by atoms with van der Waals surface area (Å²) in [5.74, 6) is 1.76. The molecule has 6 aliphatic rings. The van der Waals surface area contributed by atoms with E-state index in [9.17, 15) is 15.0 Å². The number of hydrogen-bond acceptors (Lipinski definition) is 4. The second-order valence-electron chi connectivity index (χ2n) is 15.5. The highest BCUT2D eigenvalue weighted by Crippen LogP contribution is 2.89. The molecule has 1 saturated heterocycles. The highest BCUT2D eigenvalue weighted by atomic mass is 16.5. The van der Waals surface area contributed by atoms with Crippen LogP contribution in [0.25, 0.3) is 0 Å². The number of ether oxygens (including phenoxy) is 1. The monoisotopic (exact) mass is 472 g/mol. The lowest BCUT2D eigenvalue weighted by atomic mass is 9.41. The third kappa shape index (κ3) is 2.55. The zero-order valence-electron chi connectivity index (χ0n) is 22.7. The minimum Gasteiger partial charge on any atom is -0.393 e. The van der Waals surface area contributed by atoms with E-state index in [0.29, 0.717) is 28.4 Å². The number of hydrogen-bond donors (Lipinski definition) is 2. The average Bonchev–Trinajstić information content (AvgIpc) is 3.11. The van der Waals surface area contributed by atoms with E-state index in [4.69, 9.17) is 4.74 Å². The van der Waals surface area contributed by atoms with Crippen molar-refractivity contribution in [3.05, 3.63) is 0 Å². The molecule has 4 nitrogen and oxygen atoms in total. The van der Waals surface area contributed by atoms with Crippen LogP contribution in [0, 0.1) is 44.8 Å². The van der Waals surface area contributed by atoms with Gasteiger partial charge in [0.15, 0.2) is 0 Å². The molecule has 6 rings (SSSR count). The molecule has 4 heteroatoms. The van der Waals surface area contributed by atoms with Gasteiger partial charge >= 0.3 is 0 Å². The van der Waals surface area contributed by atoms with Crippen LogP contribution in [0.4, 0.5) is 0 Å². The highest BCUT2D eigenvalue weighted by Gasteiger charge is 2.83. The van der Waals surface area contributed by atoms with Crippen molar-refractivity contribution in [3.8, 4) is 0 Å². The summed E-state index contributed by atoms with van der Waals surface area (Å²) < 4.78 is 6.67. The van der Waals surface area contributed by atoms with Gasteiger partial charge in [-0.05, 0) is 112 Å². The van der Waals surface area contributed by atoms with Gasteiger partial charge in [0, 0.05) is 17.8 Å². The van der Waals surface area contributed by atoms with Gasteiger partial charge in [0.25, 0.3) is 0 Å². The topological polar surface area (TPSA) is 66.8 Å². The number of Topliss-reactive ketones (excluding diaryl/α,β-unsaturated/α-hetero) is 1. The van der Waals surface area contributed by atoms with Crippen molar-refractivity contribution in [2.75, 3.05) is 0 Å². The van der Waals surface area contributed by atoms with E-state index in [-0.39, 0.29) is 34.4 Å². The van der Waals surface area contributed by atoms with Gasteiger partial charge in [-0.1, -0.05) is 27.7 Å². The average molecular weight is 473 g/mol. The van der Waals surface area contributed by atoms with Gasteiger partial charge in [0.2, 0.25) is 0 Å². The molecule has 0 radical (unpaired) electrons. The summed E-state index contributed by atoms with van der Waals surface area (Å²) in [4.78, 5) is 12.9. The standard InChI is InChI=1S/C30H48O4/c1-24(2)19-8-9-20-27(6)16-18(31)23(28(7)12-11-22(34-28)25(3,4)33)26(27,5)14-15-30(20)17-29(19,30)13-10-21(24)32/h18-20,22-23,31,33H,8-17H2,1-7H3/t18-,19?,20?,22-,23-,26+,27-,28+,29+,30-/m0/s1. The fourth-order valence-electron chi connectivity index (χ4n) is 11.9. The molecule has 1 aliphatic heterocycles. The Morgan fingerprint density at radius 3 is 2.18 bits per heavy atom. The van der Waals surface area contributed by atoms with Crippen LogP contribution in [-0.2, 0) is 9.53 Å². The summed E-state index contributed by atoms with van der Waals surface area (Å²) in [6.45, 7) is 15.4. The van der Waals surface area contributed by atoms with Gasteiger partial charge in [-0.15, -0.1) is 0 Å². The van der Waals surface area contributed by atoms with E-state index in [2.05, 4.69) is 34.6 Å². The molecule has 34 heavy (non-hydrogen) atoms. The van der Waals surface area contributed by atoms with E-state index in [1.807, 2.05) is 13.8 Å². The van der Waals surface area contributed by atoms with E-state index in [0.717, 1.165) is 38.5 Å². The van der Waals surface area contributed by atoms with E-state index in [1.165, 1.54) is 25.7 Å². The number of carbonyl (C=O) groups is 1. The summed E-state index contributed by atoms with van der Waals surface area (Å²) in [6, 6.07) is 0. The molecular formula is C30H48O4. The lowest BCUT2D eigenvalue weighted by Crippen LogP contribution is -2.59. The smallest absolute Gasteiger partial charge is 0.138 e. The largest absolute Gasteiger partial charge is 0.393 e. The molecule has 6 fully saturated rings. The van der Waals surface area contributed by atoms with Crippen molar-refractivity contribution >= 4 is 5.78 Å². The Morgan fingerprint density at radius 1 is 0.882 bits per heavy atom. The van der Waals surface area contributed by atoms with Crippen LogP contribution in [0.5, 0.6) is 0 Å². The molecule has 1 heterocycles. The predicted molar refractivity (Wildman–Crippen MR) is 132 cm³/mol. The summed E-state index contributed by atoms with van der Waals surface area (Å²) in [6.07, 6.45) is 10.1. The van der Waals surface area contributed by atoms with Gasteiger partial charge in [-0.2, -0.15) is 0 Å². The summed E-state index contributed by atoms with van der Waals surface area (Å²) in [7, 11) is 0. The zero-order chi connectivity index (χ0) is 24.7. The Kier molecular flexibility index (Phi) is 4.58. The van der Waals surface area contributed by atoms with E-state index in [1.54, 1.807) is 0 Å². The van der Waals surface area contributed by atoms with Crippen molar-refractivity contribution in [2.45, 2.75) is 136 Å². The van der Waals surface area contributed by atoms with Crippen molar-refractivity contribution in [1.29, 1.82) is 0 Å². The van der Waals surface area contributed by atoms with Gasteiger partial charge in [-0.25, -0.2) is 0 Å². The molecule has 2 N–H and O–H groups in total. The lowest BCUT2D eigenvalue weighted by Gasteiger charge is -2.63. The molecule has 2 unspecified atom stereocenters. The van der Waals surface area contributed by atoms with Crippen LogP contribution in [-0.4, -0.2) is 39.4 Å². The molecule has 0 bridgehead atoms. The van der Waals surface area contributed by atoms with Crippen LogP contribution in [0.1, 0.15) is 113 Å². The fourth-order valence-corrected chi connectivity index (χ4v) is 11.9. The van der Waals surface area contributed by atoms with Gasteiger partial charge in [-0.3, -0.25) is 4.79 Å². The van der Waals surface area contributed by atoms with Crippen LogP contribution in [0.3, 0.4) is 0 Å². The molecule has 0 aromatic carbocycles. The van der Waals surface area contributed by atoms with Crippen molar-refractivity contribution in [3.63, 3.8) is 0 Å². The predicted octanol–water partition coefficient (Wildman–Crippen LogP) is 5.67. The van der Waals surface area contributed by atoms with Crippen LogP contribution in [0.15, 0.2) is 0 Å². The van der Waals surface area contributed by atoms with Crippen molar-refractivity contribution in [2.24, 2.45) is 44.8 Å². The molecule has 0 aromatic heterocycles. The molecule has 192 valence electrons. The minimum atomic E-state index is -0.855. The first-order chi connectivity index (χ1) is 15.6. The number of aliphatic hydroxyl groups excluding tert-OH is 1. The Balaban J connectivity index is 1.35. The van der Waals surface area contributed by atoms with Gasteiger partial charge < -0.3 is 14.9 Å². The maximum atomic E-state index is 12.9. The molecule has 10 atom stereocenters. The van der Waals surface area contributed by atoms with Crippen molar-refractivity contribution < 1.29 is 19.7 Å². The number of carbonyl (C=O) groups excluding carboxylic acids is 1. The molecule has 0 amide bonds. The summed E-state index contributed by atoms with van der Waals surface area (Å²) in [5, 5.41) is 22.4. The third-order valence-corrected chi connectivity index (χ3v) is 13.6. The Bertz CT molecular complexity index is 919. The fraction of sp³-hybridized carbons (Fsp3) is 0.967. The highest BCUT2D eigenvalue weighted by molar-refractivity contribution is 5.86. The van der Waals surface area contributed by atoms with Gasteiger partial charge in [0.05, 0.1) is 23.4 Å². The molecular weight excluding hydrogens is 424 g/mol. The second kappa shape index (κ2) is 6.51. The lowest BCUT2D eigenvalue weighted by molar-refractivity contribution is -0.192. The molecule has 5 saturated carbocycles. The van der Waals surface area contributed by atoms with Crippen molar-refractivity contribution in [1.82, 2.24) is 0 Å². The van der Waals surface area contributed by atoms with E-state index >= 15 is 0 Å². The number of fused-ring (bicyclic) bond motifs is 2. The second-order valence-corrected chi connectivity index (χ2v) is 15.5. The first-order valence-electron chi connectivity index (χ1n) is 14.2. The quantitative estimate of drug-likeness (QED) is 0.543. The summed E-state index contributed by atoms with van der Waals surface area (Å²) >= 11 is 0. The first kappa shape index (κ1) is 23.9. The zero-order valence-corrected chi connectivity index (χ0v) is 22.7. The maximum absolute atomic E-state index is 12.9.